The number of methoxy groups -OCH3 is 1. The molecule has 2 bridgehead atoms. The Bertz CT molecular complexity index is 1030. The van der Waals surface area contributed by atoms with Crippen molar-refractivity contribution in [1.29, 1.82) is 0 Å². The van der Waals surface area contributed by atoms with Crippen molar-refractivity contribution in [3.05, 3.63) is 101 Å². The van der Waals surface area contributed by atoms with Crippen molar-refractivity contribution in [3.63, 3.8) is 0 Å². The summed E-state index contributed by atoms with van der Waals surface area (Å²) in [6.45, 7) is 0.128. The molecule has 2 atom stereocenters. The predicted molar refractivity (Wildman–Crippen MR) is 109 cm³/mol. The molecular weight excluding hydrogens is 364 g/mol. The van der Waals surface area contributed by atoms with Crippen molar-refractivity contribution in [2.75, 3.05) is 13.9 Å². The monoisotopic (exact) mass is 386 g/mol. The van der Waals surface area contributed by atoms with E-state index < -0.39 is 11.9 Å². The van der Waals surface area contributed by atoms with Crippen molar-refractivity contribution in [2.24, 2.45) is 5.92 Å². The highest BCUT2D eigenvalue weighted by Gasteiger charge is 2.53. The first-order valence-corrected chi connectivity index (χ1v) is 9.83. The molecule has 3 aromatic carbocycles. The second-order valence-electron chi connectivity index (χ2n) is 7.69. The van der Waals surface area contributed by atoms with E-state index in [1.54, 1.807) is 7.11 Å². The Hall–Kier alpha value is -3.11. The lowest BCUT2D eigenvalue weighted by Crippen LogP contribution is -2.42. The van der Waals surface area contributed by atoms with E-state index in [-0.39, 0.29) is 24.5 Å². The molecule has 0 saturated heterocycles. The van der Waals surface area contributed by atoms with Gasteiger partial charge in [-0.1, -0.05) is 66.7 Å². The summed E-state index contributed by atoms with van der Waals surface area (Å²) < 4.78 is 10.9. The van der Waals surface area contributed by atoms with Gasteiger partial charge in [0.15, 0.2) is 6.79 Å². The van der Waals surface area contributed by atoms with Gasteiger partial charge in [0.25, 0.3) is 0 Å². The summed E-state index contributed by atoms with van der Waals surface area (Å²) >= 11 is 0. The van der Waals surface area contributed by atoms with Crippen LogP contribution in [0.15, 0.2) is 72.8 Å². The minimum atomic E-state index is -0.768. The van der Waals surface area contributed by atoms with Crippen LogP contribution in [-0.2, 0) is 9.53 Å². The van der Waals surface area contributed by atoms with Crippen molar-refractivity contribution >= 4 is 5.97 Å². The maximum Gasteiger partial charge on any atom is 0.308 e. The van der Waals surface area contributed by atoms with E-state index >= 15 is 0 Å². The van der Waals surface area contributed by atoms with E-state index in [0.29, 0.717) is 5.75 Å². The molecular formula is C25H22O4. The van der Waals surface area contributed by atoms with Crippen LogP contribution in [0.5, 0.6) is 5.75 Å². The molecule has 1 N–H and O–H groups in total. The molecule has 0 amide bonds. The number of carboxylic acids is 1. The summed E-state index contributed by atoms with van der Waals surface area (Å²) in [7, 11) is 1.58. The molecule has 0 heterocycles. The highest BCUT2D eigenvalue weighted by molar-refractivity contribution is 5.78. The van der Waals surface area contributed by atoms with E-state index in [0.717, 1.165) is 16.7 Å². The van der Waals surface area contributed by atoms with Crippen molar-refractivity contribution in [3.8, 4) is 5.75 Å². The van der Waals surface area contributed by atoms with E-state index in [9.17, 15) is 9.90 Å². The van der Waals surface area contributed by atoms with Gasteiger partial charge in [0.2, 0.25) is 0 Å². The predicted octanol–water partition coefficient (Wildman–Crippen LogP) is 4.74. The lowest BCUT2D eigenvalue weighted by molar-refractivity contribution is -0.143. The molecule has 0 fully saturated rings. The zero-order chi connectivity index (χ0) is 20.0. The first-order chi connectivity index (χ1) is 14.2. The largest absolute Gasteiger partial charge is 0.481 e. The van der Waals surface area contributed by atoms with Crippen LogP contribution in [-0.4, -0.2) is 25.0 Å². The molecule has 0 aliphatic heterocycles. The van der Waals surface area contributed by atoms with E-state index in [1.807, 2.05) is 48.5 Å². The van der Waals surface area contributed by atoms with Crippen LogP contribution in [0.2, 0.25) is 0 Å². The van der Waals surface area contributed by atoms with Crippen LogP contribution in [0, 0.1) is 5.92 Å². The first-order valence-electron chi connectivity index (χ1n) is 9.83. The van der Waals surface area contributed by atoms with Crippen LogP contribution in [0.4, 0.5) is 0 Å². The second kappa shape index (κ2) is 7.05. The Kier molecular flexibility index (Phi) is 4.36. The molecule has 3 aromatic rings. The van der Waals surface area contributed by atoms with Crippen LogP contribution in [0.1, 0.15) is 45.6 Å². The van der Waals surface area contributed by atoms with Crippen molar-refractivity contribution in [1.82, 2.24) is 0 Å². The van der Waals surface area contributed by atoms with Gasteiger partial charge in [-0.2, -0.15) is 0 Å². The summed E-state index contributed by atoms with van der Waals surface area (Å²) in [6, 6.07) is 24.3. The maximum absolute atomic E-state index is 12.6. The zero-order valence-corrected chi connectivity index (χ0v) is 16.1. The van der Waals surface area contributed by atoms with Crippen LogP contribution in [0.25, 0.3) is 0 Å². The summed E-state index contributed by atoms with van der Waals surface area (Å²) in [5, 5.41) is 10.3. The molecule has 0 radical (unpaired) electrons. The minimum Gasteiger partial charge on any atom is -0.481 e. The Labute approximate surface area is 169 Å². The first kappa shape index (κ1) is 18.0. The molecule has 4 heteroatoms. The maximum atomic E-state index is 12.6. The molecule has 146 valence electrons. The number of carboxylic acid groups (broad SMARTS) is 1. The highest BCUT2D eigenvalue weighted by Crippen LogP contribution is 2.62. The molecule has 3 aliphatic carbocycles. The quantitative estimate of drug-likeness (QED) is 0.643. The fraction of sp³-hybridized carbons (Fsp3) is 0.240. The fourth-order valence-electron chi connectivity index (χ4n) is 5.36. The zero-order valence-electron chi connectivity index (χ0n) is 16.1. The highest BCUT2D eigenvalue weighted by atomic mass is 16.7. The van der Waals surface area contributed by atoms with Gasteiger partial charge in [-0.05, 0) is 33.9 Å². The number of aliphatic carboxylic acids is 1. The third-order valence-corrected chi connectivity index (χ3v) is 6.33. The number of hydrogen-bond acceptors (Lipinski definition) is 3. The summed E-state index contributed by atoms with van der Waals surface area (Å²) in [5.41, 5.74) is 5.64. The van der Waals surface area contributed by atoms with Crippen LogP contribution < -0.4 is 4.74 Å². The average Bonchev–Trinajstić information content (AvgIpc) is 2.77. The number of benzene rings is 3. The Balaban J connectivity index is 1.76. The van der Waals surface area contributed by atoms with Gasteiger partial charge in [-0.15, -0.1) is 0 Å². The molecule has 3 aliphatic rings. The summed E-state index contributed by atoms with van der Waals surface area (Å²) in [4.78, 5) is 12.6. The number of fused-ring (bicyclic) bond motifs is 1. The van der Waals surface area contributed by atoms with E-state index in [4.69, 9.17) is 9.47 Å². The normalized spacial score (nSPS) is 23.9. The lowest BCUT2D eigenvalue weighted by Gasteiger charge is -2.49. The van der Waals surface area contributed by atoms with Crippen LogP contribution in [0.3, 0.4) is 0 Å². The lowest BCUT2D eigenvalue weighted by atomic mass is 9.53. The number of carbonyl (C=O) groups is 1. The topological polar surface area (TPSA) is 55.8 Å². The fourth-order valence-corrected chi connectivity index (χ4v) is 5.36. The Morgan fingerprint density at radius 1 is 0.793 bits per heavy atom. The molecule has 0 spiro atoms. The van der Waals surface area contributed by atoms with E-state index in [2.05, 4.69) is 24.3 Å². The second-order valence-corrected chi connectivity index (χ2v) is 7.69. The summed E-state index contributed by atoms with van der Waals surface area (Å²) in [5.74, 6) is -1.05. The van der Waals surface area contributed by atoms with Crippen LogP contribution >= 0.6 is 0 Å². The average molecular weight is 386 g/mol. The molecule has 0 aromatic heterocycles. The Morgan fingerprint density at radius 3 is 1.79 bits per heavy atom. The SMILES string of the molecule is COCOc1ccccc1C1C2c3ccccc3C(c3ccccc32)C1C(=O)O. The van der Waals surface area contributed by atoms with Gasteiger partial charge in [0.05, 0.1) is 5.92 Å². The number of hydrogen-bond donors (Lipinski definition) is 1. The minimum absolute atomic E-state index is 0.0270. The number of rotatable bonds is 5. The molecule has 2 unspecified atom stereocenters. The van der Waals surface area contributed by atoms with Gasteiger partial charge in [0, 0.05) is 24.9 Å². The van der Waals surface area contributed by atoms with Gasteiger partial charge in [-0.3, -0.25) is 4.79 Å². The molecule has 0 saturated carbocycles. The standard InChI is InChI=1S/C25H22O4/c1-28-14-29-20-13-7-6-12-19(20)23-21-15-8-2-4-10-17(15)22(24(23)25(26)27)18-11-5-3-9-16(18)21/h2-13,21-24H,14H2,1H3,(H,26,27). The Morgan fingerprint density at radius 2 is 1.28 bits per heavy atom. The van der Waals surface area contributed by atoms with Crippen molar-refractivity contribution in [2.45, 2.75) is 17.8 Å². The smallest absolute Gasteiger partial charge is 0.308 e. The number of para-hydroxylation sites is 1. The molecule has 29 heavy (non-hydrogen) atoms. The molecule has 6 rings (SSSR count). The van der Waals surface area contributed by atoms with Gasteiger partial charge < -0.3 is 14.6 Å². The van der Waals surface area contributed by atoms with Gasteiger partial charge >= 0.3 is 5.97 Å². The third-order valence-electron chi connectivity index (χ3n) is 6.33. The van der Waals surface area contributed by atoms with Gasteiger partial charge in [-0.25, -0.2) is 0 Å². The number of ether oxygens (including phenoxy) is 2. The summed E-state index contributed by atoms with van der Waals surface area (Å²) in [6.07, 6.45) is 0. The van der Waals surface area contributed by atoms with E-state index in [1.165, 1.54) is 11.1 Å². The molecule has 4 nitrogen and oxygen atoms in total. The van der Waals surface area contributed by atoms with Gasteiger partial charge in [0.1, 0.15) is 5.75 Å². The van der Waals surface area contributed by atoms with Crippen molar-refractivity contribution < 1.29 is 19.4 Å². The third kappa shape index (κ3) is 2.67.